The highest BCUT2D eigenvalue weighted by atomic mass is 35.5. The number of benzene rings is 1. The summed E-state index contributed by atoms with van der Waals surface area (Å²) in [6.07, 6.45) is 5.84. The lowest BCUT2D eigenvalue weighted by molar-refractivity contribution is -0.131. The van der Waals surface area contributed by atoms with Gasteiger partial charge in [-0.25, -0.2) is 15.0 Å². The first kappa shape index (κ1) is 23.9. The molecule has 4 heterocycles. The third-order valence-corrected chi connectivity index (χ3v) is 6.66. The Morgan fingerprint density at radius 2 is 1.92 bits per heavy atom. The Morgan fingerprint density at radius 3 is 2.67 bits per heavy atom. The van der Waals surface area contributed by atoms with Crippen molar-refractivity contribution in [1.82, 2.24) is 24.3 Å². The van der Waals surface area contributed by atoms with Crippen molar-refractivity contribution in [1.29, 1.82) is 0 Å². The first-order valence-electron chi connectivity index (χ1n) is 11.9. The summed E-state index contributed by atoms with van der Waals surface area (Å²) in [4.78, 5) is 29.7. The molecule has 0 aliphatic carbocycles. The lowest BCUT2D eigenvalue weighted by Gasteiger charge is -2.36. The zero-order valence-electron chi connectivity index (χ0n) is 20.5. The van der Waals surface area contributed by atoms with Crippen LogP contribution in [0.3, 0.4) is 0 Å². The first-order valence-corrected chi connectivity index (χ1v) is 12.3. The van der Waals surface area contributed by atoms with Crippen LogP contribution in [0.25, 0.3) is 17.0 Å². The van der Waals surface area contributed by atoms with E-state index < -0.39 is 0 Å². The van der Waals surface area contributed by atoms with E-state index in [0.717, 1.165) is 54.5 Å². The van der Waals surface area contributed by atoms with Crippen LogP contribution < -0.4 is 15.0 Å². The van der Waals surface area contributed by atoms with Gasteiger partial charge in [0.25, 0.3) is 0 Å². The van der Waals surface area contributed by atoms with Crippen molar-refractivity contribution in [3.05, 3.63) is 59.5 Å². The molecular formula is C26H28ClN7O2. The molecule has 0 unspecified atom stereocenters. The lowest BCUT2D eigenvalue weighted by Crippen LogP contribution is -2.48. The van der Waals surface area contributed by atoms with E-state index in [9.17, 15) is 4.79 Å². The van der Waals surface area contributed by atoms with Gasteiger partial charge in [-0.1, -0.05) is 18.5 Å². The molecule has 4 aromatic rings. The topological polar surface area (TPSA) is 87.9 Å². The largest absolute Gasteiger partial charge is 0.494 e. The van der Waals surface area contributed by atoms with E-state index in [2.05, 4.69) is 25.2 Å². The number of anilines is 3. The minimum atomic E-state index is 0.202. The molecule has 1 N–H and O–H groups in total. The number of pyridine rings is 1. The summed E-state index contributed by atoms with van der Waals surface area (Å²) in [7, 11) is 1.64. The highest BCUT2D eigenvalue weighted by Gasteiger charge is 2.21. The van der Waals surface area contributed by atoms with E-state index in [0.29, 0.717) is 28.8 Å². The quantitative estimate of drug-likeness (QED) is 0.411. The SMILES string of the molecule is CCC(=O)N1CCN(c2ccc(Nc3ncc(Cl)c(-c4cnc5cc(C)ccn45)n3)c(OC)c2)CC1. The number of halogens is 1. The van der Waals surface area contributed by atoms with Gasteiger partial charge in [-0.2, -0.15) is 0 Å². The number of nitrogens with one attached hydrogen (secondary N) is 1. The number of hydrogen-bond donors (Lipinski definition) is 1. The van der Waals surface area contributed by atoms with Gasteiger partial charge in [0.05, 0.1) is 35.9 Å². The van der Waals surface area contributed by atoms with Crippen LogP contribution in [-0.4, -0.2) is 63.4 Å². The third-order valence-electron chi connectivity index (χ3n) is 6.39. The molecule has 1 aliphatic heterocycles. The predicted octanol–water partition coefficient (Wildman–Crippen LogP) is 4.56. The third kappa shape index (κ3) is 4.66. The van der Waals surface area contributed by atoms with Crippen LogP contribution in [0.5, 0.6) is 5.75 Å². The Bertz CT molecular complexity index is 1410. The van der Waals surface area contributed by atoms with Gasteiger partial charge in [0.2, 0.25) is 11.9 Å². The van der Waals surface area contributed by atoms with Crippen molar-refractivity contribution in [2.24, 2.45) is 0 Å². The van der Waals surface area contributed by atoms with Gasteiger partial charge in [0, 0.05) is 50.6 Å². The molecule has 0 spiro atoms. The van der Waals surface area contributed by atoms with Gasteiger partial charge < -0.3 is 19.9 Å². The summed E-state index contributed by atoms with van der Waals surface area (Å²) >= 11 is 6.48. The molecule has 1 saturated heterocycles. The number of nitrogens with zero attached hydrogens (tertiary/aromatic N) is 6. The highest BCUT2D eigenvalue weighted by Crippen LogP contribution is 2.33. The standard InChI is InChI=1S/C26H28ClN7O2/c1-4-24(35)33-11-9-32(10-12-33)18-5-6-20(22(14-18)36-3)30-26-29-15-19(27)25(31-26)21-16-28-23-13-17(2)7-8-34(21)23/h5-8,13-16H,4,9-12H2,1-3H3,(H,29,30,31). The number of fused-ring (bicyclic) bond motifs is 1. The van der Waals surface area contributed by atoms with E-state index >= 15 is 0 Å². The van der Waals surface area contributed by atoms with Gasteiger partial charge in [0.15, 0.2) is 0 Å². The molecule has 36 heavy (non-hydrogen) atoms. The Kier molecular flexibility index (Phi) is 6.65. The van der Waals surface area contributed by atoms with Crippen molar-refractivity contribution in [2.45, 2.75) is 20.3 Å². The Balaban J connectivity index is 1.37. The number of amides is 1. The number of ether oxygens (including phenoxy) is 1. The number of piperazine rings is 1. The van der Waals surface area contributed by atoms with E-state index in [-0.39, 0.29) is 5.91 Å². The van der Waals surface area contributed by atoms with Crippen LogP contribution in [0.1, 0.15) is 18.9 Å². The second-order valence-electron chi connectivity index (χ2n) is 8.70. The average Bonchev–Trinajstić information content (AvgIpc) is 3.32. The number of methoxy groups -OCH3 is 1. The van der Waals surface area contributed by atoms with Crippen LogP contribution in [-0.2, 0) is 4.79 Å². The van der Waals surface area contributed by atoms with Crippen LogP contribution in [0, 0.1) is 6.92 Å². The fraction of sp³-hybridized carbons (Fsp3) is 0.308. The molecule has 0 atom stereocenters. The first-order chi connectivity index (χ1) is 17.5. The van der Waals surface area contributed by atoms with Crippen LogP contribution >= 0.6 is 11.6 Å². The molecule has 1 fully saturated rings. The molecule has 1 aliphatic rings. The van der Waals surface area contributed by atoms with E-state index in [1.807, 2.05) is 59.7 Å². The predicted molar refractivity (Wildman–Crippen MR) is 141 cm³/mol. The summed E-state index contributed by atoms with van der Waals surface area (Å²) in [5.74, 6) is 1.27. The van der Waals surface area contributed by atoms with Gasteiger partial charge in [0.1, 0.15) is 17.1 Å². The van der Waals surface area contributed by atoms with Crippen LogP contribution in [0.2, 0.25) is 5.02 Å². The molecule has 0 saturated carbocycles. The highest BCUT2D eigenvalue weighted by molar-refractivity contribution is 6.32. The minimum absolute atomic E-state index is 0.202. The number of aryl methyl sites for hydroxylation is 1. The van der Waals surface area contributed by atoms with E-state index in [1.165, 1.54) is 0 Å². The second-order valence-corrected chi connectivity index (χ2v) is 9.10. The van der Waals surface area contributed by atoms with E-state index in [4.69, 9.17) is 16.3 Å². The monoisotopic (exact) mass is 505 g/mol. The minimum Gasteiger partial charge on any atom is -0.494 e. The van der Waals surface area contributed by atoms with Gasteiger partial charge >= 0.3 is 0 Å². The average molecular weight is 506 g/mol. The molecule has 0 bridgehead atoms. The Labute approximate surface area is 214 Å². The summed E-state index contributed by atoms with van der Waals surface area (Å²) in [5.41, 5.74) is 5.10. The molecule has 1 amide bonds. The van der Waals surface area contributed by atoms with Gasteiger partial charge in [-0.15, -0.1) is 0 Å². The number of aromatic nitrogens is 4. The van der Waals surface area contributed by atoms with E-state index in [1.54, 1.807) is 19.5 Å². The summed E-state index contributed by atoms with van der Waals surface area (Å²) < 4.78 is 7.62. The molecule has 5 rings (SSSR count). The summed E-state index contributed by atoms with van der Waals surface area (Å²) in [6, 6.07) is 9.99. The molecule has 3 aromatic heterocycles. The number of imidazole rings is 1. The van der Waals surface area contributed by atoms with Crippen LogP contribution in [0.4, 0.5) is 17.3 Å². The van der Waals surface area contributed by atoms with Gasteiger partial charge in [-0.05, 0) is 36.8 Å². The zero-order valence-corrected chi connectivity index (χ0v) is 21.3. The zero-order chi connectivity index (χ0) is 25.2. The fourth-order valence-electron chi connectivity index (χ4n) is 4.40. The lowest BCUT2D eigenvalue weighted by atomic mass is 10.2. The van der Waals surface area contributed by atoms with Crippen LogP contribution in [0.15, 0.2) is 48.9 Å². The van der Waals surface area contributed by atoms with Crippen molar-refractivity contribution >= 4 is 40.5 Å². The maximum Gasteiger partial charge on any atom is 0.227 e. The Hall–Kier alpha value is -3.85. The molecule has 9 nitrogen and oxygen atoms in total. The van der Waals surface area contributed by atoms with Crippen molar-refractivity contribution < 1.29 is 9.53 Å². The number of hydrogen-bond acceptors (Lipinski definition) is 7. The molecule has 0 radical (unpaired) electrons. The van der Waals surface area contributed by atoms with Crippen molar-refractivity contribution in [3.63, 3.8) is 0 Å². The second kappa shape index (κ2) is 10.0. The molecule has 10 heteroatoms. The maximum absolute atomic E-state index is 12.0. The maximum atomic E-state index is 12.0. The molecule has 186 valence electrons. The normalized spacial score (nSPS) is 13.8. The van der Waals surface area contributed by atoms with Crippen molar-refractivity contribution in [2.75, 3.05) is 43.5 Å². The number of rotatable bonds is 6. The molecule has 1 aromatic carbocycles. The summed E-state index contributed by atoms with van der Waals surface area (Å²) in [6.45, 7) is 6.93. The van der Waals surface area contributed by atoms with Crippen molar-refractivity contribution in [3.8, 4) is 17.1 Å². The Morgan fingerprint density at radius 1 is 1.11 bits per heavy atom. The molecular weight excluding hydrogens is 478 g/mol. The van der Waals surface area contributed by atoms with Gasteiger partial charge in [-0.3, -0.25) is 9.20 Å². The summed E-state index contributed by atoms with van der Waals surface area (Å²) in [5, 5.41) is 3.70. The fourth-order valence-corrected chi connectivity index (χ4v) is 4.59. The number of carbonyl (C=O) groups is 1. The smallest absolute Gasteiger partial charge is 0.227 e. The number of carbonyl (C=O) groups excluding carboxylic acids is 1.